The molecule has 2 aromatic carbocycles. The molecule has 0 bridgehead atoms. The zero-order valence-electron chi connectivity index (χ0n) is 11.2. The minimum Gasteiger partial charge on any atom is -0.493 e. The van der Waals surface area contributed by atoms with Gasteiger partial charge in [-0.1, -0.05) is 6.07 Å². The molecule has 2 aromatic rings. The van der Waals surface area contributed by atoms with E-state index in [-0.39, 0.29) is 11.3 Å². The maximum atomic E-state index is 10.8. The van der Waals surface area contributed by atoms with Crippen LogP contribution in [0.2, 0.25) is 0 Å². The Hall–Kier alpha value is -2.69. The Balaban J connectivity index is 2.33. The summed E-state index contributed by atoms with van der Waals surface area (Å²) in [7, 11) is 1.55. The van der Waals surface area contributed by atoms with Gasteiger partial charge in [0.15, 0.2) is 17.2 Å². The number of anilines is 1. The van der Waals surface area contributed by atoms with E-state index in [2.05, 4.69) is 0 Å². The zero-order valence-corrected chi connectivity index (χ0v) is 11.2. The fourth-order valence-electron chi connectivity index (χ4n) is 1.75. The first-order valence-corrected chi connectivity index (χ1v) is 5.96. The van der Waals surface area contributed by atoms with Crippen molar-refractivity contribution in [3.8, 4) is 17.2 Å². The van der Waals surface area contributed by atoms with Crippen LogP contribution in [0.4, 0.5) is 5.69 Å². The maximum absolute atomic E-state index is 10.8. The van der Waals surface area contributed by atoms with Crippen LogP contribution < -0.4 is 15.2 Å². The zero-order chi connectivity index (χ0) is 14.7. The van der Waals surface area contributed by atoms with Gasteiger partial charge in [0, 0.05) is 0 Å². The molecule has 0 aliphatic rings. The lowest BCUT2D eigenvalue weighted by Crippen LogP contribution is -2.00. The molecule has 5 heteroatoms. The second kappa shape index (κ2) is 5.52. The van der Waals surface area contributed by atoms with Crippen LogP contribution in [-0.4, -0.2) is 18.2 Å². The third-order valence-corrected chi connectivity index (χ3v) is 2.80. The number of benzene rings is 2. The fraction of sp³-hybridized carbons (Fsp3) is 0.133. The molecule has 20 heavy (non-hydrogen) atoms. The predicted octanol–water partition coefficient (Wildman–Crippen LogP) is 3.08. The first-order chi connectivity index (χ1) is 9.51. The van der Waals surface area contributed by atoms with Crippen LogP contribution in [-0.2, 0) is 0 Å². The Morgan fingerprint density at radius 2 is 1.80 bits per heavy atom. The van der Waals surface area contributed by atoms with Crippen molar-refractivity contribution in [1.82, 2.24) is 0 Å². The summed E-state index contributed by atoms with van der Waals surface area (Å²) in [6.07, 6.45) is 0. The summed E-state index contributed by atoms with van der Waals surface area (Å²) in [5.41, 5.74) is 7.22. The van der Waals surface area contributed by atoms with Gasteiger partial charge >= 0.3 is 5.97 Å². The first kappa shape index (κ1) is 13.7. The number of aryl methyl sites for hydroxylation is 1. The summed E-state index contributed by atoms with van der Waals surface area (Å²) < 4.78 is 10.9. The second-order valence-electron chi connectivity index (χ2n) is 4.31. The van der Waals surface area contributed by atoms with Gasteiger partial charge in [0.05, 0.1) is 18.4 Å². The van der Waals surface area contributed by atoms with Gasteiger partial charge in [0.2, 0.25) is 0 Å². The van der Waals surface area contributed by atoms with Gasteiger partial charge in [-0.25, -0.2) is 4.79 Å². The summed E-state index contributed by atoms with van der Waals surface area (Å²) >= 11 is 0. The molecule has 104 valence electrons. The summed E-state index contributed by atoms with van der Waals surface area (Å²) in [6.45, 7) is 1.95. The van der Waals surface area contributed by atoms with E-state index in [9.17, 15) is 4.79 Å². The van der Waals surface area contributed by atoms with Gasteiger partial charge in [0.1, 0.15) is 0 Å². The number of carbonyl (C=O) groups is 1. The van der Waals surface area contributed by atoms with Crippen molar-refractivity contribution in [3.63, 3.8) is 0 Å². The lowest BCUT2D eigenvalue weighted by molar-refractivity contribution is 0.0697. The lowest BCUT2D eigenvalue weighted by atomic mass is 10.2. The molecule has 2 rings (SSSR count). The quantitative estimate of drug-likeness (QED) is 0.836. The minimum absolute atomic E-state index is 0.116. The van der Waals surface area contributed by atoms with E-state index in [4.69, 9.17) is 20.3 Å². The van der Waals surface area contributed by atoms with Gasteiger partial charge in [-0.3, -0.25) is 0 Å². The number of ether oxygens (including phenoxy) is 2. The Kier molecular flexibility index (Phi) is 3.79. The van der Waals surface area contributed by atoms with Crippen molar-refractivity contribution < 1.29 is 19.4 Å². The topological polar surface area (TPSA) is 81.8 Å². The molecule has 0 heterocycles. The molecular formula is C15H15NO4. The lowest BCUT2D eigenvalue weighted by Gasteiger charge is -2.12. The highest BCUT2D eigenvalue weighted by molar-refractivity contribution is 5.89. The number of carboxylic acids is 1. The molecule has 0 aromatic heterocycles. The van der Waals surface area contributed by atoms with Gasteiger partial charge < -0.3 is 20.3 Å². The Morgan fingerprint density at radius 3 is 2.40 bits per heavy atom. The number of aromatic carboxylic acids is 1. The standard InChI is InChI=1S/C15H15NO4/c1-9-3-5-13(14(7-9)19-2)20-12-6-4-10(15(17)18)8-11(12)16/h3-8H,16H2,1-2H3,(H,17,18). The molecule has 0 aliphatic carbocycles. The summed E-state index contributed by atoms with van der Waals surface area (Å²) in [6, 6.07) is 9.83. The fourth-order valence-corrected chi connectivity index (χ4v) is 1.75. The number of methoxy groups -OCH3 is 1. The number of nitrogen functional groups attached to an aromatic ring is 1. The van der Waals surface area contributed by atoms with E-state index in [1.165, 1.54) is 18.2 Å². The molecule has 5 nitrogen and oxygen atoms in total. The van der Waals surface area contributed by atoms with Crippen molar-refractivity contribution >= 4 is 11.7 Å². The number of rotatable bonds is 4. The molecule has 0 fully saturated rings. The third kappa shape index (κ3) is 2.83. The summed E-state index contributed by atoms with van der Waals surface area (Å²) in [4.78, 5) is 10.8. The molecule has 3 N–H and O–H groups in total. The van der Waals surface area contributed by atoms with Crippen molar-refractivity contribution in [1.29, 1.82) is 0 Å². The van der Waals surface area contributed by atoms with Crippen LogP contribution in [0.5, 0.6) is 17.2 Å². The first-order valence-electron chi connectivity index (χ1n) is 5.96. The smallest absolute Gasteiger partial charge is 0.335 e. The molecule has 0 radical (unpaired) electrons. The van der Waals surface area contributed by atoms with Crippen molar-refractivity contribution in [2.75, 3.05) is 12.8 Å². The number of nitrogens with two attached hydrogens (primary N) is 1. The Labute approximate surface area is 116 Å². The van der Waals surface area contributed by atoms with Gasteiger partial charge in [-0.05, 0) is 42.8 Å². The van der Waals surface area contributed by atoms with Gasteiger partial charge in [0.25, 0.3) is 0 Å². The molecule has 0 aliphatic heterocycles. The third-order valence-electron chi connectivity index (χ3n) is 2.80. The molecule has 0 unspecified atom stereocenters. The molecule has 0 saturated carbocycles. The molecule has 0 saturated heterocycles. The van der Waals surface area contributed by atoms with Gasteiger partial charge in [-0.2, -0.15) is 0 Å². The highest BCUT2D eigenvalue weighted by Crippen LogP contribution is 2.34. The van der Waals surface area contributed by atoms with Crippen LogP contribution in [0.3, 0.4) is 0 Å². The molecule has 0 spiro atoms. The summed E-state index contributed by atoms with van der Waals surface area (Å²) in [5.74, 6) is 0.466. The van der Waals surface area contributed by atoms with Gasteiger partial charge in [-0.15, -0.1) is 0 Å². The second-order valence-corrected chi connectivity index (χ2v) is 4.31. The van der Waals surface area contributed by atoms with Crippen molar-refractivity contribution in [2.24, 2.45) is 0 Å². The number of hydrogen-bond acceptors (Lipinski definition) is 4. The van der Waals surface area contributed by atoms with E-state index in [0.717, 1.165) is 5.56 Å². The van der Waals surface area contributed by atoms with Crippen LogP contribution in [0, 0.1) is 6.92 Å². The average molecular weight is 273 g/mol. The highest BCUT2D eigenvalue weighted by Gasteiger charge is 2.10. The summed E-state index contributed by atoms with van der Waals surface area (Å²) in [5, 5.41) is 8.89. The minimum atomic E-state index is -1.03. The average Bonchev–Trinajstić information content (AvgIpc) is 2.42. The van der Waals surface area contributed by atoms with E-state index in [1.807, 2.05) is 19.1 Å². The SMILES string of the molecule is COc1cc(C)ccc1Oc1ccc(C(=O)O)cc1N. The van der Waals surface area contributed by atoms with Crippen molar-refractivity contribution in [3.05, 3.63) is 47.5 Å². The Morgan fingerprint density at radius 1 is 1.10 bits per heavy atom. The predicted molar refractivity (Wildman–Crippen MR) is 75.6 cm³/mol. The van der Waals surface area contributed by atoms with Crippen LogP contribution in [0.15, 0.2) is 36.4 Å². The Bertz CT molecular complexity index is 652. The van der Waals surface area contributed by atoms with E-state index < -0.39 is 5.97 Å². The monoisotopic (exact) mass is 273 g/mol. The number of hydrogen-bond donors (Lipinski definition) is 2. The maximum Gasteiger partial charge on any atom is 0.335 e. The molecule has 0 amide bonds. The van der Waals surface area contributed by atoms with Crippen LogP contribution in [0.25, 0.3) is 0 Å². The normalized spacial score (nSPS) is 10.1. The largest absolute Gasteiger partial charge is 0.493 e. The highest BCUT2D eigenvalue weighted by atomic mass is 16.5. The van der Waals surface area contributed by atoms with Crippen LogP contribution >= 0.6 is 0 Å². The molecule has 0 atom stereocenters. The van der Waals surface area contributed by atoms with Crippen LogP contribution in [0.1, 0.15) is 15.9 Å². The van der Waals surface area contributed by atoms with Crippen molar-refractivity contribution in [2.45, 2.75) is 6.92 Å². The van der Waals surface area contributed by atoms with E-state index in [1.54, 1.807) is 13.2 Å². The molecular weight excluding hydrogens is 258 g/mol. The van der Waals surface area contributed by atoms with E-state index >= 15 is 0 Å². The van der Waals surface area contributed by atoms with E-state index in [0.29, 0.717) is 17.2 Å². The number of carboxylic acid groups (broad SMARTS) is 1.